The molecule has 11 heteroatoms. The van der Waals surface area contributed by atoms with Crippen LogP contribution in [0.4, 0.5) is 0 Å². The van der Waals surface area contributed by atoms with Crippen LogP contribution >= 0.6 is 7.82 Å². The van der Waals surface area contributed by atoms with Gasteiger partial charge >= 0.3 is 19.8 Å². The molecule has 3 atom stereocenters. The van der Waals surface area contributed by atoms with Gasteiger partial charge in [-0.25, -0.2) is 4.57 Å². The average molecular weight is 855 g/mol. The lowest BCUT2D eigenvalue weighted by atomic mass is 10.1. The third kappa shape index (κ3) is 43.8. The van der Waals surface area contributed by atoms with Gasteiger partial charge in [-0.1, -0.05) is 172 Å². The van der Waals surface area contributed by atoms with Gasteiger partial charge < -0.3 is 24.6 Å². The van der Waals surface area contributed by atoms with Crippen LogP contribution in [0.15, 0.2) is 48.6 Å². The molecule has 0 aromatic heterocycles. The van der Waals surface area contributed by atoms with Crippen molar-refractivity contribution in [2.45, 2.75) is 219 Å². The minimum absolute atomic E-state index is 0.169. The van der Waals surface area contributed by atoms with E-state index in [-0.39, 0.29) is 19.4 Å². The highest BCUT2D eigenvalue weighted by Crippen LogP contribution is 2.43. The summed E-state index contributed by atoms with van der Waals surface area (Å²) in [5.74, 6) is -0.985. The zero-order valence-corrected chi connectivity index (χ0v) is 38.4. The molecule has 0 radical (unpaired) electrons. The van der Waals surface area contributed by atoms with E-state index in [4.69, 9.17) is 23.6 Å². The summed E-state index contributed by atoms with van der Waals surface area (Å²) in [4.78, 5) is 35.0. The first-order chi connectivity index (χ1) is 28.7. The Morgan fingerprint density at radius 1 is 0.508 bits per heavy atom. The van der Waals surface area contributed by atoms with E-state index in [9.17, 15) is 24.2 Å². The van der Waals surface area contributed by atoms with Crippen LogP contribution in [-0.2, 0) is 32.7 Å². The standard InChI is InChI=1S/C48H87O10P/c1-3-5-7-9-11-13-15-17-19-21-22-24-26-28-30-32-34-36-38-40-48(52)58-46(44-57-59(53,54)56-42-45(50)41-49)43-55-47(51)39-37-35-33-31-29-27-25-23-20-18-16-14-12-10-8-6-4-2/h17-20,25,27,31,33,45-46,49-50H,3-16,21-24,26,28-30,32,34-44H2,1-2H3,(H,53,54)/b19-17+,20-18+,27-25+,33-31+/t45-,46+/m0/s1. The molecule has 10 nitrogen and oxygen atoms in total. The van der Waals surface area contributed by atoms with Crippen molar-refractivity contribution in [2.24, 2.45) is 0 Å². The topological polar surface area (TPSA) is 149 Å². The Morgan fingerprint density at radius 2 is 0.898 bits per heavy atom. The Hall–Kier alpha value is -2.07. The minimum Gasteiger partial charge on any atom is -0.462 e. The average Bonchev–Trinajstić information content (AvgIpc) is 3.22. The van der Waals surface area contributed by atoms with E-state index >= 15 is 0 Å². The minimum atomic E-state index is -4.63. The lowest BCUT2D eigenvalue weighted by molar-refractivity contribution is -0.161. The molecule has 1 unspecified atom stereocenters. The number of phosphoric ester groups is 1. The fraction of sp³-hybridized carbons (Fsp3) is 0.792. The number of esters is 2. The maximum Gasteiger partial charge on any atom is 0.472 e. The first-order valence-corrected chi connectivity index (χ1v) is 25.1. The second-order valence-electron chi connectivity index (χ2n) is 15.8. The van der Waals surface area contributed by atoms with Gasteiger partial charge in [0.1, 0.15) is 12.7 Å². The third-order valence-corrected chi connectivity index (χ3v) is 10.9. The van der Waals surface area contributed by atoms with Gasteiger partial charge in [-0.2, -0.15) is 0 Å². The highest BCUT2D eigenvalue weighted by molar-refractivity contribution is 7.47. The number of carbonyl (C=O) groups excluding carboxylic acids is 2. The van der Waals surface area contributed by atoms with Crippen LogP contribution in [0.2, 0.25) is 0 Å². The fourth-order valence-electron chi connectivity index (χ4n) is 6.30. The Bertz CT molecular complexity index is 1120. The zero-order valence-electron chi connectivity index (χ0n) is 37.5. The lowest BCUT2D eigenvalue weighted by Crippen LogP contribution is -2.29. The van der Waals surface area contributed by atoms with Gasteiger partial charge in [-0.3, -0.25) is 18.6 Å². The van der Waals surface area contributed by atoms with Crippen molar-refractivity contribution < 1.29 is 47.8 Å². The number of allylic oxidation sites excluding steroid dienone is 8. The van der Waals surface area contributed by atoms with E-state index in [0.717, 1.165) is 38.5 Å². The van der Waals surface area contributed by atoms with E-state index in [1.807, 2.05) is 6.08 Å². The van der Waals surface area contributed by atoms with Gasteiger partial charge in [0.25, 0.3) is 0 Å². The monoisotopic (exact) mass is 855 g/mol. The molecule has 0 aliphatic carbocycles. The maximum absolute atomic E-state index is 12.6. The number of aliphatic hydroxyl groups is 2. The Kier molecular flexibility index (Phi) is 42.5. The predicted octanol–water partition coefficient (Wildman–Crippen LogP) is 12.9. The predicted molar refractivity (Wildman–Crippen MR) is 242 cm³/mol. The number of hydrogen-bond donors (Lipinski definition) is 3. The second-order valence-corrected chi connectivity index (χ2v) is 17.2. The highest BCUT2D eigenvalue weighted by Gasteiger charge is 2.27. The molecule has 0 aliphatic rings. The zero-order chi connectivity index (χ0) is 43.3. The molecule has 0 bridgehead atoms. The largest absolute Gasteiger partial charge is 0.472 e. The van der Waals surface area contributed by atoms with Gasteiger partial charge in [0.2, 0.25) is 0 Å². The lowest BCUT2D eigenvalue weighted by Gasteiger charge is -2.20. The van der Waals surface area contributed by atoms with Crippen molar-refractivity contribution in [3.8, 4) is 0 Å². The van der Waals surface area contributed by atoms with Gasteiger partial charge in [0.15, 0.2) is 6.10 Å². The molecular formula is C48H87O10P. The number of carbonyl (C=O) groups is 2. The molecular weight excluding hydrogens is 767 g/mol. The number of phosphoric acid groups is 1. The maximum atomic E-state index is 12.6. The van der Waals surface area contributed by atoms with Crippen LogP contribution in [0.3, 0.4) is 0 Å². The van der Waals surface area contributed by atoms with E-state index in [1.54, 1.807) is 0 Å². The van der Waals surface area contributed by atoms with E-state index < -0.39 is 51.8 Å². The summed E-state index contributed by atoms with van der Waals surface area (Å²) in [6, 6.07) is 0. The summed E-state index contributed by atoms with van der Waals surface area (Å²) in [7, 11) is -4.63. The SMILES string of the molecule is CCCCCCCC/C=C/C/C=C/C/C=C/CCCC(=O)OC[C@H](COP(=O)(O)OC[C@@H](O)CO)OC(=O)CCCCCCCCCCC/C=C/CCCCCCCC. The summed E-state index contributed by atoms with van der Waals surface area (Å²) in [5, 5.41) is 18.4. The van der Waals surface area contributed by atoms with Gasteiger partial charge in [0, 0.05) is 12.8 Å². The van der Waals surface area contributed by atoms with Crippen LogP contribution in [0.1, 0.15) is 206 Å². The number of aliphatic hydroxyl groups excluding tert-OH is 2. The van der Waals surface area contributed by atoms with Crippen LogP contribution in [0.25, 0.3) is 0 Å². The molecule has 0 aromatic carbocycles. The quantitative estimate of drug-likeness (QED) is 0.0234. The summed E-state index contributed by atoms with van der Waals surface area (Å²) in [6.45, 7) is 2.33. The molecule has 0 spiro atoms. The molecule has 0 aliphatic heterocycles. The second kappa shape index (κ2) is 44.0. The molecule has 59 heavy (non-hydrogen) atoms. The molecule has 3 N–H and O–H groups in total. The normalized spacial score (nSPS) is 14.2. The molecule has 0 heterocycles. The van der Waals surface area contributed by atoms with Crippen LogP contribution in [-0.4, -0.2) is 65.7 Å². The van der Waals surface area contributed by atoms with Crippen molar-refractivity contribution >= 4 is 19.8 Å². The third-order valence-electron chi connectivity index (χ3n) is 9.96. The fourth-order valence-corrected chi connectivity index (χ4v) is 7.09. The Labute approximate surface area is 360 Å². The first kappa shape index (κ1) is 56.9. The Morgan fingerprint density at radius 3 is 1.39 bits per heavy atom. The van der Waals surface area contributed by atoms with Gasteiger partial charge in [0.05, 0.1) is 19.8 Å². The van der Waals surface area contributed by atoms with Crippen molar-refractivity contribution in [1.29, 1.82) is 0 Å². The van der Waals surface area contributed by atoms with Crippen LogP contribution in [0, 0.1) is 0 Å². The molecule has 0 saturated carbocycles. The molecule has 0 fully saturated rings. The molecule has 344 valence electrons. The summed E-state index contributed by atoms with van der Waals surface area (Å²) >= 11 is 0. The van der Waals surface area contributed by atoms with Gasteiger partial charge in [-0.15, -0.1) is 0 Å². The summed E-state index contributed by atoms with van der Waals surface area (Å²) in [5.41, 5.74) is 0. The van der Waals surface area contributed by atoms with E-state index in [0.29, 0.717) is 19.3 Å². The summed E-state index contributed by atoms with van der Waals surface area (Å²) < 4.78 is 32.7. The number of unbranched alkanes of at least 4 members (excludes halogenated alkanes) is 22. The smallest absolute Gasteiger partial charge is 0.462 e. The number of rotatable bonds is 44. The first-order valence-electron chi connectivity index (χ1n) is 23.6. The molecule has 0 amide bonds. The summed E-state index contributed by atoms with van der Waals surface area (Å²) in [6.07, 6.45) is 48.0. The van der Waals surface area contributed by atoms with Crippen LogP contribution in [0.5, 0.6) is 0 Å². The van der Waals surface area contributed by atoms with Crippen molar-refractivity contribution in [1.82, 2.24) is 0 Å². The van der Waals surface area contributed by atoms with E-state index in [2.05, 4.69) is 56.4 Å². The molecule has 0 rings (SSSR count). The van der Waals surface area contributed by atoms with Crippen molar-refractivity contribution in [3.63, 3.8) is 0 Å². The molecule has 0 saturated heterocycles. The number of hydrogen-bond acceptors (Lipinski definition) is 9. The van der Waals surface area contributed by atoms with Gasteiger partial charge in [-0.05, 0) is 70.6 Å². The Balaban J connectivity index is 4.31. The number of ether oxygens (including phenoxy) is 2. The van der Waals surface area contributed by atoms with Crippen molar-refractivity contribution in [2.75, 3.05) is 26.4 Å². The van der Waals surface area contributed by atoms with Crippen LogP contribution < -0.4 is 0 Å². The van der Waals surface area contributed by atoms with E-state index in [1.165, 1.54) is 122 Å². The molecule has 0 aromatic rings. The van der Waals surface area contributed by atoms with Crippen molar-refractivity contribution in [3.05, 3.63) is 48.6 Å². The highest BCUT2D eigenvalue weighted by atomic mass is 31.2.